The van der Waals surface area contributed by atoms with Crippen molar-refractivity contribution in [1.82, 2.24) is 10.2 Å². The molecule has 0 bridgehead atoms. The Kier molecular flexibility index (Phi) is 5.79. The summed E-state index contributed by atoms with van der Waals surface area (Å²) in [4.78, 5) is 2.76. The first-order valence-electron chi connectivity index (χ1n) is 7.87. The monoisotopic (exact) mass is 238 g/mol. The summed E-state index contributed by atoms with van der Waals surface area (Å²) in [6, 6.07) is 1.66. The molecule has 100 valence electrons. The second-order valence-corrected chi connectivity index (χ2v) is 5.88. The Morgan fingerprint density at radius 3 is 2.24 bits per heavy atom. The molecule has 2 rings (SSSR count). The SMILES string of the molecule is CCN(CC1CCCN1)C1CCCCCCC1. The van der Waals surface area contributed by atoms with Crippen molar-refractivity contribution in [2.24, 2.45) is 0 Å². The van der Waals surface area contributed by atoms with E-state index in [1.165, 1.54) is 77.4 Å². The Morgan fingerprint density at radius 1 is 0.941 bits per heavy atom. The topological polar surface area (TPSA) is 15.3 Å². The Hall–Kier alpha value is -0.0800. The first-order chi connectivity index (χ1) is 8.40. The van der Waals surface area contributed by atoms with Crippen molar-refractivity contribution >= 4 is 0 Å². The molecule has 1 aliphatic carbocycles. The molecular weight excluding hydrogens is 208 g/mol. The third kappa shape index (κ3) is 4.26. The number of hydrogen-bond donors (Lipinski definition) is 1. The van der Waals surface area contributed by atoms with Gasteiger partial charge in [-0.05, 0) is 38.8 Å². The van der Waals surface area contributed by atoms with Crippen molar-refractivity contribution < 1.29 is 0 Å². The van der Waals surface area contributed by atoms with E-state index in [4.69, 9.17) is 0 Å². The van der Waals surface area contributed by atoms with Gasteiger partial charge in [0.05, 0.1) is 0 Å². The molecule has 0 aromatic heterocycles. The molecule has 1 unspecified atom stereocenters. The molecule has 2 aliphatic rings. The van der Waals surface area contributed by atoms with Crippen molar-refractivity contribution in [2.45, 2.75) is 76.8 Å². The summed E-state index contributed by atoms with van der Waals surface area (Å²) in [6.07, 6.45) is 13.0. The Bertz CT molecular complexity index is 191. The predicted molar refractivity (Wildman–Crippen MR) is 74.4 cm³/mol. The van der Waals surface area contributed by atoms with Crippen LogP contribution < -0.4 is 5.32 Å². The summed E-state index contributed by atoms with van der Waals surface area (Å²) in [5, 5.41) is 3.65. The zero-order valence-corrected chi connectivity index (χ0v) is 11.6. The van der Waals surface area contributed by atoms with Crippen molar-refractivity contribution in [2.75, 3.05) is 19.6 Å². The van der Waals surface area contributed by atoms with Crippen LogP contribution in [0, 0.1) is 0 Å². The van der Waals surface area contributed by atoms with Gasteiger partial charge in [-0.15, -0.1) is 0 Å². The van der Waals surface area contributed by atoms with Crippen LogP contribution in [0.2, 0.25) is 0 Å². The molecular formula is C15H30N2. The first kappa shape index (κ1) is 13.4. The lowest BCUT2D eigenvalue weighted by molar-refractivity contribution is 0.160. The average Bonchev–Trinajstić information content (AvgIpc) is 2.79. The van der Waals surface area contributed by atoms with E-state index in [1.807, 2.05) is 0 Å². The van der Waals surface area contributed by atoms with E-state index in [0.29, 0.717) is 0 Å². The van der Waals surface area contributed by atoms with Crippen molar-refractivity contribution in [3.8, 4) is 0 Å². The molecule has 0 amide bonds. The van der Waals surface area contributed by atoms with Crippen LogP contribution in [0.3, 0.4) is 0 Å². The Labute approximate surface area is 107 Å². The summed E-state index contributed by atoms with van der Waals surface area (Å²) < 4.78 is 0. The molecule has 1 saturated heterocycles. The minimum Gasteiger partial charge on any atom is -0.313 e. The number of hydrogen-bond acceptors (Lipinski definition) is 2. The number of nitrogens with one attached hydrogen (secondary N) is 1. The summed E-state index contributed by atoms with van der Waals surface area (Å²) in [7, 11) is 0. The van der Waals surface area contributed by atoms with E-state index >= 15 is 0 Å². The molecule has 0 spiro atoms. The highest BCUT2D eigenvalue weighted by Gasteiger charge is 2.22. The van der Waals surface area contributed by atoms with Crippen LogP contribution in [-0.4, -0.2) is 36.6 Å². The fourth-order valence-corrected chi connectivity index (χ4v) is 3.53. The van der Waals surface area contributed by atoms with Crippen LogP contribution in [0.4, 0.5) is 0 Å². The first-order valence-corrected chi connectivity index (χ1v) is 7.87. The minimum atomic E-state index is 0.778. The van der Waals surface area contributed by atoms with Gasteiger partial charge in [-0.25, -0.2) is 0 Å². The van der Waals surface area contributed by atoms with E-state index < -0.39 is 0 Å². The second kappa shape index (κ2) is 7.38. The fourth-order valence-electron chi connectivity index (χ4n) is 3.53. The maximum atomic E-state index is 3.65. The lowest BCUT2D eigenvalue weighted by Gasteiger charge is -2.34. The van der Waals surface area contributed by atoms with E-state index in [-0.39, 0.29) is 0 Å². The molecule has 0 aromatic carbocycles. The van der Waals surface area contributed by atoms with E-state index in [2.05, 4.69) is 17.1 Å². The van der Waals surface area contributed by atoms with Crippen LogP contribution in [0.15, 0.2) is 0 Å². The fraction of sp³-hybridized carbons (Fsp3) is 1.00. The molecule has 0 aromatic rings. The highest BCUT2D eigenvalue weighted by Crippen LogP contribution is 2.22. The zero-order chi connectivity index (χ0) is 11.9. The largest absolute Gasteiger partial charge is 0.313 e. The highest BCUT2D eigenvalue weighted by atomic mass is 15.2. The van der Waals surface area contributed by atoms with Crippen LogP contribution in [-0.2, 0) is 0 Å². The van der Waals surface area contributed by atoms with Gasteiger partial charge in [-0.2, -0.15) is 0 Å². The molecule has 2 heteroatoms. The van der Waals surface area contributed by atoms with Gasteiger partial charge in [0, 0.05) is 18.6 Å². The average molecular weight is 238 g/mol. The molecule has 1 aliphatic heterocycles. The third-order valence-electron chi connectivity index (χ3n) is 4.61. The third-order valence-corrected chi connectivity index (χ3v) is 4.61. The Balaban J connectivity index is 1.81. The number of nitrogens with zero attached hydrogens (tertiary/aromatic N) is 1. The standard InChI is InChI=1S/C15H30N2/c1-2-17(13-14-9-8-12-16-14)15-10-6-4-3-5-7-11-15/h14-16H,2-13H2,1H3. The summed E-state index contributed by atoms with van der Waals surface area (Å²) >= 11 is 0. The number of rotatable bonds is 4. The minimum absolute atomic E-state index is 0.778. The highest BCUT2D eigenvalue weighted by molar-refractivity contribution is 4.81. The summed E-state index contributed by atoms with van der Waals surface area (Å²) in [5.74, 6) is 0. The van der Waals surface area contributed by atoms with E-state index in [0.717, 1.165) is 12.1 Å². The zero-order valence-electron chi connectivity index (χ0n) is 11.6. The van der Waals surface area contributed by atoms with Crippen LogP contribution in [0.5, 0.6) is 0 Å². The molecule has 1 saturated carbocycles. The van der Waals surface area contributed by atoms with Gasteiger partial charge in [-0.1, -0.05) is 39.0 Å². The molecule has 2 fully saturated rings. The van der Waals surface area contributed by atoms with Gasteiger partial charge in [-0.3, -0.25) is 4.90 Å². The molecule has 1 heterocycles. The van der Waals surface area contributed by atoms with Gasteiger partial charge >= 0.3 is 0 Å². The predicted octanol–water partition coefficient (Wildman–Crippen LogP) is 3.17. The lowest BCUT2D eigenvalue weighted by Crippen LogP contribution is -2.43. The van der Waals surface area contributed by atoms with Crippen LogP contribution >= 0.6 is 0 Å². The van der Waals surface area contributed by atoms with Gasteiger partial charge in [0.25, 0.3) is 0 Å². The van der Waals surface area contributed by atoms with Gasteiger partial charge in [0.15, 0.2) is 0 Å². The summed E-state index contributed by atoms with van der Waals surface area (Å²) in [6.45, 7) is 6.12. The molecule has 0 radical (unpaired) electrons. The maximum absolute atomic E-state index is 3.65. The number of likely N-dealkylation sites (N-methyl/N-ethyl adjacent to an activating group) is 1. The smallest absolute Gasteiger partial charge is 0.0195 e. The van der Waals surface area contributed by atoms with Gasteiger partial charge in [0.2, 0.25) is 0 Å². The Morgan fingerprint density at radius 2 is 1.65 bits per heavy atom. The lowest BCUT2D eigenvalue weighted by atomic mass is 9.95. The van der Waals surface area contributed by atoms with Crippen LogP contribution in [0.25, 0.3) is 0 Å². The summed E-state index contributed by atoms with van der Waals surface area (Å²) in [5.41, 5.74) is 0. The van der Waals surface area contributed by atoms with Crippen molar-refractivity contribution in [1.29, 1.82) is 0 Å². The van der Waals surface area contributed by atoms with Gasteiger partial charge in [0.1, 0.15) is 0 Å². The quantitative estimate of drug-likeness (QED) is 0.809. The second-order valence-electron chi connectivity index (χ2n) is 5.88. The van der Waals surface area contributed by atoms with Gasteiger partial charge < -0.3 is 5.32 Å². The maximum Gasteiger partial charge on any atom is 0.0195 e. The van der Waals surface area contributed by atoms with Crippen LogP contribution in [0.1, 0.15) is 64.7 Å². The van der Waals surface area contributed by atoms with E-state index in [1.54, 1.807) is 0 Å². The molecule has 1 N–H and O–H groups in total. The molecule has 17 heavy (non-hydrogen) atoms. The normalized spacial score (nSPS) is 28.2. The van der Waals surface area contributed by atoms with E-state index in [9.17, 15) is 0 Å². The van der Waals surface area contributed by atoms with Crippen molar-refractivity contribution in [3.05, 3.63) is 0 Å². The molecule has 2 nitrogen and oxygen atoms in total. The molecule has 1 atom stereocenters. The van der Waals surface area contributed by atoms with Crippen molar-refractivity contribution in [3.63, 3.8) is 0 Å².